The second-order valence-electron chi connectivity index (χ2n) is 11.7. The first-order valence-corrected chi connectivity index (χ1v) is 15.7. The van der Waals surface area contributed by atoms with Crippen LogP contribution < -0.4 is 3.27 Å². The minimum absolute atomic E-state index is 0.193. The van der Waals surface area contributed by atoms with Gasteiger partial charge >= 0.3 is 197 Å². The molecule has 160 valence electrons. The van der Waals surface area contributed by atoms with Crippen molar-refractivity contribution in [2.24, 2.45) is 0 Å². The molecule has 5 rings (SSSR count). The van der Waals surface area contributed by atoms with E-state index >= 15 is 0 Å². The van der Waals surface area contributed by atoms with Gasteiger partial charge in [-0.05, 0) is 0 Å². The van der Waals surface area contributed by atoms with Crippen LogP contribution in [-0.4, -0.2) is 3.21 Å². The Kier molecular flexibility index (Phi) is 5.29. The van der Waals surface area contributed by atoms with E-state index in [2.05, 4.69) is 90.1 Å². The summed E-state index contributed by atoms with van der Waals surface area (Å²) in [5.41, 5.74) is 9.76. The molecular formula is C30H36Zr. The Labute approximate surface area is 196 Å². The first kappa shape index (κ1) is 21.5. The van der Waals surface area contributed by atoms with Gasteiger partial charge < -0.3 is 0 Å². The minimum atomic E-state index is -2.05. The molecule has 0 radical (unpaired) electrons. The second-order valence-corrected chi connectivity index (χ2v) is 18.1. The Bertz CT molecular complexity index is 1150. The van der Waals surface area contributed by atoms with Crippen LogP contribution in [0.15, 0.2) is 51.8 Å². The third-order valence-corrected chi connectivity index (χ3v) is 15.5. The number of rotatable bonds is 2. The number of fused-ring (bicyclic) bond motifs is 3. The molecule has 0 saturated heterocycles. The summed E-state index contributed by atoms with van der Waals surface area (Å²) in [5.74, 6) is 0. The van der Waals surface area contributed by atoms with Gasteiger partial charge in [-0.15, -0.1) is 0 Å². The van der Waals surface area contributed by atoms with Crippen molar-refractivity contribution in [1.82, 2.24) is 0 Å². The average Bonchev–Trinajstić information content (AvgIpc) is 3.29. The fourth-order valence-electron chi connectivity index (χ4n) is 5.45. The molecular weight excluding hydrogens is 452 g/mol. The van der Waals surface area contributed by atoms with Crippen LogP contribution in [0.1, 0.15) is 89.5 Å². The van der Waals surface area contributed by atoms with Crippen molar-refractivity contribution in [3.63, 3.8) is 0 Å². The van der Waals surface area contributed by atoms with Crippen LogP contribution in [0.3, 0.4) is 0 Å². The van der Waals surface area contributed by atoms with E-state index in [1.54, 1.807) is 16.7 Å². The SMILES string of the molecule is CC(C)(C)c1ccc2c(c1)Cc1c-2ccc(C(C)(C)C)[c]1[Zr]([C]1=CC=CC1)=[C]1CCC1. The molecule has 0 amide bonds. The zero-order valence-electron chi connectivity index (χ0n) is 20.2. The molecule has 0 unspecified atom stereocenters. The van der Waals surface area contributed by atoms with Gasteiger partial charge in [0.25, 0.3) is 0 Å². The van der Waals surface area contributed by atoms with Crippen LogP contribution >= 0.6 is 0 Å². The van der Waals surface area contributed by atoms with Crippen molar-refractivity contribution in [3.8, 4) is 11.1 Å². The molecule has 0 heterocycles. The van der Waals surface area contributed by atoms with Gasteiger partial charge in [0.2, 0.25) is 0 Å². The van der Waals surface area contributed by atoms with Crippen LogP contribution in [0.2, 0.25) is 0 Å². The van der Waals surface area contributed by atoms with Crippen molar-refractivity contribution in [1.29, 1.82) is 0 Å². The molecule has 1 fully saturated rings. The Balaban J connectivity index is 1.74. The molecule has 0 atom stereocenters. The quantitative estimate of drug-likeness (QED) is 0.356. The van der Waals surface area contributed by atoms with Crippen LogP contribution in [0.4, 0.5) is 0 Å². The molecule has 3 aliphatic rings. The molecule has 31 heavy (non-hydrogen) atoms. The summed E-state index contributed by atoms with van der Waals surface area (Å²) in [6, 6.07) is 12.2. The molecule has 0 spiro atoms. The van der Waals surface area contributed by atoms with Gasteiger partial charge in [-0.3, -0.25) is 0 Å². The second kappa shape index (κ2) is 7.62. The topological polar surface area (TPSA) is 0 Å². The van der Waals surface area contributed by atoms with Gasteiger partial charge in [-0.25, -0.2) is 0 Å². The Morgan fingerprint density at radius 2 is 1.58 bits per heavy atom. The number of allylic oxidation sites excluding steroid dienone is 4. The molecule has 0 nitrogen and oxygen atoms in total. The Hall–Kier alpha value is -1.33. The number of benzene rings is 2. The number of hydrogen-bond donors (Lipinski definition) is 0. The van der Waals surface area contributed by atoms with E-state index < -0.39 is 21.3 Å². The summed E-state index contributed by atoms with van der Waals surface area (Å²) in [5, 5.41) is 0. The molecule has 2 aromatic carbocycles. The molecule has 2 aromatic rings. The van der Waals surface area contributed by atoms with Crippen LogP contribution in [0.25, 0.3) is 11.1 Å². The standard InChI is InChI=1S/C21H25.C5H5.C4H6.Zr/c1-20(2,3)16-7-9-18-14(12-16)11-15-13-17(21(4,5)6)8-10-19(15)18;1-2-4-5-3-1;1-2-4-3-1;/h7-10,12H,11H2,1-6H3;1-3H,4H2;1-3H2;. The Morgan fingerprint density at radius 1 is 0.839 bits per heavy atom. The predicted octanol–water partition coefficient (Wildman–Crippen LogP) is 7.30. The third-order valence-electron chi connectivity index (χ3n) is 7.40. The molecule has 0 aromatic heterocycles. The zero-order chi connectivity index (χ0) is 22.0. The molecule has 1 heteroatoms. The van der Waals surface area contributed by atoms with Gasteiger partial charge in [0.15, 0.2) is 0 Å². The van der Waals surface area contributed by atoms with E-state index in [9.17, 15) is 0 Å². The fraction of sp³-hybridized carbons (Fsp3) is 0.433. The van der Waals surface area contributed by atoms with E-state index in [-0.39, 0.29) is 10.8 Å². The monoisotopic (exact) mass is 486 g/mol. The average molecular weight is 488 g/mol. The van der Waals surface area contributed by atoms with Gasteiger partial charge in [-0.1, -0.05) is 0 Å². The first-order chi connectivity index (χ1) is 14.6. The van der Waals surface area contributed by atoms with Crippen molar-refractivity contribution in [3.05, 3.63) is 74.1 Å². The zero-order valence-corrected chi connectivity index (χ0v) is 22.6. The van der Waals surface area contributed by atoms with Crippen LogP contribution in [0, 0.1) is 0 Å². The summed E-state index contributed by atoms with van der Waals surface area (Å²) in [4.78, 5) is 0. The summed E-state index contributed by atoms with van der Waals surface area (Å²) in [6.07, 6.45) is 13.7. The van der Waals surface area contributed by atoms with E-state index in [0.717, 1.165) is 6.42 Å². The Morgan fingerprint density at radius 3 is 2.16 bits per heavy atom. The summed E-state index contributed by atoms with van der Waals surface area (Å²) < 4.78 is 5.61. The molecule has 0 bridgehead atoms. The van der Waals surface area contributed by atoms with Gasteiger partial charge in [0.05, 0.1) is 0 Å². The van der Waals surface area contributed by atoms with Gasteiger partial charge in [0, 0.05) is 0 Å². The van der Waals surface area contributed by atoms with Crippen LogP contribution in [0.5, 0.6) is 0 Å². The van der Waals surface area contributed by atoms with Crippen molar-refractivity contribution < 1.29 is 21.3 Å². The maximum absolute atomic E-state index is 2.51. The maximum atomic E-state index is 2.51. The first-order valence-electron chi connectivity index (χ1n) is 12.0. The van der Waals surface area contributed by atoms with Crippen molar-refractivity contribution in [2.45, 2.75) is 84.5 Å². The molecule has 0 aliphatic heterocycles. The predicted molar refractivity (Wildman–Crippen MR) is 132 cm³/mol. The van der Waals surface area contributed by atoms with E-state index in [4.69, 9.17) is 0 Å². The third kappa shape index (κ3) is 3.76. The summed E-state index contributed by atoms with van der Waals surface area (Å²) >= 11 is -2.05. The van der Waals surface area contributed by atoms with E-state index in [0.29, 0.717) is 0 Å². The van der Waals surface area contributed by atoms with E-state index in [1.165, 1.54) is 42.4 Å². The molecule has 0 N–H and O–H groups in total. The van der Waals surface area contributed by atoms with E-state index in [1.807, 2.05) is 9.76 Å². The van der Waals surface area contributed by atoms with Crippen molar-refractivity contribution >= 4 is 6.48 Å². The normalized spacial score (nSPS) is 17.4. The fourth-order valence-corrected chi connectivity index (χ4v) is 14.8. The molecule has 3 aliphatic carbocycles. The summed E-state index contributed by atoms with van der Waals surface area (Å²) in [7, 11) is 0. The van der Waals surface area contributed by atoms with Gasteiger partial charge in [0.1, 0.15) is 0 Å². The van der Waals surface area contributed by atoms with Gasteiger partial charge in [-0.2, -0.15) is 0 Å². The number of hydrogen-bond acceptors (Lipinski definition) is 0. The van der Waals surface area contributed by atoms with Crippen molar-refractivity contribution in [2.75, 3.05) is 0 Å². The summed E-state index contributed by atoms with van der Waals surface area (Å²) in [6.45, 7) is 14.3. The van der Waals surface area contributed by atoms with Crippen LogP contribution in [-0.2, 0) is 38.5 Å². The molecule has 1 saturated carbocycles.